The Morgan fingerprint density at radius 1 is 1.00 bits per heavy atom. The van der Waals surface area contributed by atoms with E-state index in [4.69, 9.17) is 0 Å². The van der Waals surface area contributed by atoms with Gasteiger partial charge in [0.15, 0.2) is 5.78 Å². The molecule has 0 saturated heterocycles. The lowest BCUT2D eigenvalue weighted by Gasteiger charge is -2.07. The number of amides is 1. The quantitative estimate of drug-likeness (QED) is 0.798. The number of Topliss-reactive ketones (excluding diaryl/α,β-unsaturated/α-hetero) is 1. The van der Waals surface area contributed by atoms with E-state index in [9.17, 15) is 9.59 Å². The fraction of sp³-hybridized carbons (Fsp3) is 0.263. The molecule has 3 nitrogen and oxygen atoms in total. The first-order valence-corrected chi connectivity index (χ1v) is 7.61. The fourth-order valence-corrected chi connectivity index (χ4v) is 2.22. The van der Waals surface area contributed by atoms with Crippen molar-refractivity contribution in [1.29, 1.82) is 0 Å². The van der Waals surface area contributed by atoms with Crippen LogP contribution in [0.5, 0.6) is 0 Å². The maximum atomic E-state index is 12.2. The van der Waals surface area contributed by atoms with Gasteiger partial charge in [0.25, 0.3) is 5.91 Å². The van der Waals surface area contributed by atoms with E-state index in [0.717, 1.165) is 19.3 Å². The van der Waals surface area contributed by atoms with E-state index in [-0.39, 0.29) is 11.7 Å². The molecule has 0 saturated carbocycles. The molecule has 0 radical (unpaired) electrons. The molecule has 2 rings (SSSR count). The van der Waals surface area contributed by atoms with Gasteiger partial charge in [-0.05, 0) is 49.6 Å². The predicted molar refractivity (Wildman–Crippen MR) is 89.5 cm³/mol. The van der Waals surface area contributed by atoms with Crippen LogP contribution in [0.15, 0.2) is 48.5 Å². The van der Waals surface area contributed by atoms with Gasteiger partial charge in [-0.3, -0.25) is 9.59 Å². The van der Waals surface area contributed by atoms with Gasteiger partial charge >= 0.3 is 0 Å². The molecule has 0 bridgehead atoms. The molecule has 0 aromatic heterocycles. The van der Waals surface area contributed by atoms with Crippen molar-refractivity contribution in [2.75, 3.05) is 5.32 Å². The summed E-state index contributed by atoms with van der Waals surface area (Å²) in [6.45, 7) is 3.67. The Bertz CT molecular complexity index is 659. The van der Waals surface area contributed by atoms with E-state index in [0.29, 0.717) is 16.8 Å². The van der Waals surface area contributed by atoms with Gasteiger partial charge in [-0.15, -0.1) is 0 Å². The van der Waals surface area contributed by atoms with Crippen LogP contribution >= 0.6 is 0 Å². The molecular formula is C19H21NO2. The number of hydrogen-bond donors (Lipinski definition) is 1. The summed E-state index contributed by atoms with van der Waals surface area (Å²) in [6.07, 6.45) is 3.36. The summed E-state index contributed by atoms with van der Waals surface area (Å²) in [5, 5.41) is 2.82. The monoisotopic (exact) mass is 295 g/mol. The minimum Gasteiger partial charge on any atom is -0.322 e. The molecule has 0 spiro atoms. The third-order valence-electron chi connectivity index (χ3n) is 3.56. The lowest BCUT2D eigenvalue weighted by atomic mass is 10.1. The van der Waals surface area contributed by atoms with Gasteiger partial charge in [0.05, 0.1) is 0 Å². The SMILES string of the molecule is CCCCc1ccc(C(=O)Nc2cccc(C(C)=O)c2)cc1. The third kappa shape index (κ3) is 4.29. The molecule has 3 heteroatoms. The number of ketones is 1. The van der Waals surface area contributed by atoms with Gasteiger partial charge in [0, 0.05) is 16.8 Å². The molecule has 2 aromatic carbocycles. The summed E-state index contributed by atoms with van der Waals surface area (Å²) in [5.41, 5.74) is 3.09. The standard InChI is InChI=1S/C19H21NO2/c1-3-4-6-15-9-11-16(12-10-15)19(22)20-18-8-5-7-17(13-18)14(2)21/h5,7-13H,3-4,6H2,1-2H3,(H,20,22). The van der Waals surface area contributed by atoms with Crippen molar-refractivity contribution in [1.82, 2.24) is 0 Å². The lowest BCUT2D eigenvalue weighted by molar-refractivity contribution is 0.101. The normalized spacial score (nSPS) is 10.3. The number of unbranched alkanes of at least 4 members (excludes halogenated alkanes) is 1. The average molecular weight is 295 g/mol. The highest BCUT2D eigenvalue weighted by Crippen LogP contribution is 2.14. The molecule has 114 valence electrons. The molecule has 0 aliphatic heterocycles. The molecule has 0 aliphatic rings. The topological polar surface area (TPSA) is 46.2 Å². The predicted octanol–water partition coefficient (Wildman–Crippen LogP) is 4.48. The number of benzene rings is 2. The van der Waals surface area contributed by atoms with E-state index in [1.54, 1.807) is 24.3 Å². The summed E-state index contributed by atoms with van der Waals surface area (Å²) in [4.78, 5) is 23.6. The summed E-state index contributed by atoms with van der Waals surface area (Å²) < 4.78 is 0. The first kappa shape index (κ1) is 16.0. The second-order valence-electron chi connectivity index (χ2n) is 5.39. The molecule has 0 fully saturated rings. The lowest BCUT2D eigenvalue weighted by Crippen LogP contribution is -2.12. The van der Waals surface area contributed by atoms with E-state index < -0.39 is 0 Å². The number of rotatable bonds is 6. The van der Waals surface area contributed by atoms with Crippen LogP contribution in [0.4, 0.5) is 5.69 Å². The van der Waals surface area contributed by atoms with Crippen molar-refractivity contribution >= 4 is 17.4 Å². The Kier molecular flexibility index (Phi) is 5.48. The molecule has 0 aliphatic carbocycles. The maximum Gasteiger partial charge on any atom is 0.255 e. The van der Waals surface area contributed by atoms with E-state index in [1.807, 2.05) is 24.3 Å². The van der Waals surface area contributed by atoms with Gasteiger partial charge in [-0.2, -0.15) is 0 Å². The summed E-state index contributed by atoms with van der Waals surface area (Å²) in [5.74, 6) is -0.181. The summed E-state index contributed by atoms with van der Waals surface area (Å²) in [6, 6.07) is 14.6. The molecule has 0 atom stereocenters. The summed E-state index contributed by atoms with van der Waals surface area (Å²) in [7, 11) is 0. The molecule has 0 heterocycles. The molecule has 1 amide bonds. The van der Waals surface area contributed by atoms with Crippen molar-refractivity contribution in [3.63, 3.8) is 0 Å². The number of aryl methyl sites for hydroxylation is 1. The van der Waals surface area contributed by atoms with Gasteiger partial charge in [-0.1, -0.05) is 37.6 Å². The molecule has 22 heavy (non-hydrogen) atoms. The van der Waals surface area contributed by atoms with Crippen molar-refractivity contribution in [3.05, 3.63) is 65.2 Å². The van der Waals surface area contributed by atoms with Crippen molar-refractivity contribution in [3.8, 4) is 0 Å². The van der Waals surface area contributed by atoms with Gasteiger partial charge in [0.2, 0.25) is 0 Å². The second kappa shape index (κ2) is 7.55. The zero-order valence-corrected chi connectivity index (χ0v) is 13.1. The second-order valence-corrected chi connectivity index (χ2v) is 5.39. The first-order valence-electron chi connectivity index (χ1n) is 7.61. The zero-order valence-electron chi connectivity index (χ0n) is 13.1. The van der Waals surface area contributed by atoms with Crippen LogP contribution in [-0.4, -0.2) is 11.7 Å². The molecule has 2 aromatic rings. The van der Waals surface area contributed by atoms with Gasteiger partial charge in [0.1, 0.15) is 0 Å². The Morgan fingerprint density at radius 3 is 2.36 bits per heavy atom. The Hall–Kier alpha value is -2.42. The van der Waals surface area contributed by atoms with Crippen LogP contribution in [-0.2, 0) is 6.42 Å². The third-order valence-corrected chi connectivity index (χ3v) is 3.56. The largest absolute Gasteiger partial charge is 0.322 e. The van der Waals surface area contributed by atoms with Gasteiger partial charge in [-0.25, -0.2) is 0 Å². The zero-order chi connectivity index (χ0) is 15.9. The minimum atomic E-state index is -0.164. The molecular weight excluding hydrogens is 274 g/mol. The average Bonchev–Trinajstić information content (AvgIpc) is 2.53. The van der Waals surface area contributed by atoms with Crippen LogP contribution in [0.25, 0.3) is 0 Å². The number of hydrogen-bond acceptors (Lipinski definition) is 2. The van der Waals surface area contributed by atoms with E-state index in [2.05, 4.69) is 12.2 Å². The molecule has 0 unspecified atom stereocenters. The highest BCUT2D eigenvalue weighted by molar-refractivity contribution is 6.05. The minimum absolute atomic E-state index is 0.0172. The van der Waals surface area contributed by atoms with Crippen LogP contribution in [0.2, 0.25) is 0 Å². The van der Waals surface area contributed by atoms with Crippen molar-refractivity contribution in [2.45, 2.75) is 33.1 Å². The Morgan fingerprint density at radius 2 is 1.73 bits per heavy atom. The maximum absolute atomic E-state index is 12.2. The highest BCUT2D eigenvalue weighted by atomic mass is 16.1. The van der Waals surface area contributed by atoms with Crippen LogP contribution in [0.1, 0.15) is 53.0 Å². The Balaban J connectivity index is 2.05. The molecule has 1 N–H and O–H groups in total. The van der Waals surface area contributed by atoms with E-state index >= 15 is 0 Å². The highest BCUT2D eigenvalue weighted by Gasteiger charge is 2.07. The number of nitrogens with one attached hydrogen (secondary N) is 1. The number of carbonyl (C=O) groups excluding carboxylic acids is 2. The summed E-state index contributed by atoms with van der Waals surface area (Å²) >= 11 is 0. The van der Waals surface area contributed by atoms with Gasteiger partial charge < -0.3 is 5.32 Å². The Labute approximate surface area is 131 Å². The van der Waals surface area contributed by atoms with Crippen LogP contribution in [0, 0.1) is 0 Å². The smallest absolute Gasteiger partial charge is 0.255 e. The fourth-order valence-electron chi connectivity index (χ4n) is 2.22. The van der Waals surface area contributed by atoms with E-state index in [1.165, 1.54) is 12.5 Å². The number of anilines is 1. The van der Waals surface area contributed by atoms with Crippen LogP contribution in [0.3, 0.4) is 0 Å². The van der Waals surface area contributed by atoms with Crippen LogP contribution < -0.4 is 5.32 Å². The first-order chi connectivity index (χ1) is 10.6. The van der Waals surface area contributed by atoms with Crippen molar-refractivity contribution < 1.29 is 9.59 Å². The number of carbonyl (C=O) groups is 2. The van der Waals surface area contributed by atoms with Crippen molar-refractivity contribution in [2.24, 2.45) is 0 Å².